The fourth-order valence-corrected chi connectivity index (χ4v) is 3.91. The Kier molecular flexibility index (Phi) is 9.57. The summed E-state index contributed by atoms with van der Waals surface area (Å²) >= 11 is 0. The number of aliphatic hydroxyl groups excluding tert-OH is 3. The second-order valence-electron chi connectivity index (χ2n) is 8.43. The summed E-state index contributed by atoms with van der Waals surface area (Å²) in [5, 5.41) is 35.6. The Labute approximate surface area is 213 Å². The number of ether oxygens (including phenoxy) is 3. The van der Waals surface area contributed by atoms with Crippen molar-refractivity contribution in [3.05, 3.63) is 43.0 Å². The summed E-state index contributed by atoms with van der Waals surface area (Å²) in [6, 6.07) is 9.48. The van der Waals surface area contributed by atoms with E-state index in [2.05, 4.69) is 25.6 Å². The first kappa shape index (κ1) is 26.7. The number of hydrogen-bond acceptors (Lipinski definition) is 11. The highest BCUT2D eigenvalue weighted by Gasteiger charge is 2.44. The molecule has 13 nitrogen and oxygen atoms in total. The summed E-state index contributed by atoms with van der Waals surface area (Å²) in [4.78, 5) is 24.7. The summed E-state index contributed by atoms with van der Waals surface area (Å²) in [6.07, 6.45) is -0.484. The number of carbonyl (C=O) groups is 1. The number of nitrogens with one attached hydrogen (secondary N) is 2. The van der Waals surface area contributed by atoms with Crippen molar-refractivity contribution >= 4 is 22.9 Å². The fraction of sp³-hybridized carbons (Fsp3) is 0.500. The number of aromatic nitrogens is 4. The average molecular weight is 517 g/mol. The van der Waals surface area contributed by atoms with Gasteiger partial charge in [0.25, 0.3) is 0 Å². The van der Waals surface area contributed by atoms with Crippen LogP contribution in [0, 0.1) is 0 Å². The molecule has 37 heavy (non-hydrogen) atoms. The van der Waals surface area contributed by atoms with E-state index >= 15 is 0 Å². The third-order valence-corrected chi connectivity index (χ3v) is 5.82. The van der Waals surface area contributed by atoms with Crippen LogP contribution in [0.5, 0.6) is 5.75 Å². The van der Waals surface area contributed by atoms with Crippen molar-refractivity contribution in [2.24, 2.45) is 0 Å². The molecule has 1 saturated heterocycles. The molecule has 0 aliphatic carbocycles. The molecule has 4 atom stereocenters. The summed E-state index contributed by atoms with van der Waals surface area (Å²) in [5.41, 5.74) is 0.869. The van der Waals surface area contributed by atoms with E-state index in [-0.39, 0.29) is 5.91 Å². The minimum absolute atomic E-state index is 0.0495. The van der Waals surface area contributed by atoms with E-state index in [4.69, 9.17) is 14.2 Å². The number of imidazole rings is 1. The average Bonchev–Trinajstić information content (AvgIpc) is 3.47. The van der Waals surface area contributed by atoms with Crippen LogP contribution in [-0.2, 0) is 14.3 Å². The van der Waals surface area contributed by atoms with E-state index < -0.39 is 31.1 Å². The number of para-hydroxylation sites is 1. The van der Waals surface area contributed by atoms with Gasteiger partial charge in [0.2, 0.25) is 5.91 Å². The number of anilines is 1. The topological polar surface area (TPSA) is 173 Å². The van der Waals surface area contributed by atoms with E-state index in [9.17, 15) is 20.1 Å². The van der Waals surface area contributed by atoms with Crippen molar-refractivity contribution in [3.63, 3.8) is 0 Å². The quantitative estimate of drug-likeness (QED) is 0.180. The van der Waals surface area contributed by atoms with E-state index in [0.29, 0.717) is 62.7 Å². The van der Waals surface area contributed by atoms with Gasteiger partial charge in [0.1, 0.15) is 30.4 Å². The van der Waals surface area contributed by atoms with Gasteiger partial charge < -0.3 is 40.2 Å². The van der Waals surface area contributed by atoms with Crippen molar-refractivity contribution in [1.29, 1.82) is 0 Å². The maximum atomic E-state index is 11.9. The molecule has 1 fully saturated rings. The van der Waals surface area contributed by atoms with Crippen LogP contribution in [0.4, 0.5) is 5.82 Å². The largest absolute Gasteiger partial charge is 0.494 e. The first-order chi connectivity index (χ1) is 18.1. The maximum absolute atomic E-state index is 11.9. The molecule has 0 unspecified atom stereocenters. The van der Waals surface area contributed by atoms with Crippen LogP contribution in [0.3, 0.4) is 0 Å². The molecule has 3 aromatic rings. The van der Waals surface area contributed by atoms with Crippen LogP contribution in [-0.4, -0.2) is 98.6 Å². The second kappa shape index (κ2) is 13.3. The van der Waals surface area contributed by atoms with Crippen LogP contribution in [0.1, 0.15) is 19.1 Å². The monoisotopic (exact) mass is 516 g/mol. The zero-order chi connectivity index (χ0) is 26.0. The van der Waals surface area contributed by atoms with Crippen molar-refractivity contribution in [3.8, 4) is 5.75 Å². The number of amides is 1. The van der Waals surface area contributed by atoms with Gasteiger partial charge in [-0.1, -0.05) is 18.2 Å². The van der Waals surface area contributed by atoms with E-state index in [0.717, 1.165) is 5.75 Å². The van der Waals surface area contributed by atoms with Crippen LogP contribution in [0.2, 0.25) is 0 Å². The Morgan fingerprint density at radius 2 is 1.86 bits per heavy atom. The highest BCUT2D eigenvalue weighted by molar-refractivity contribution is 5.82. The van der Waals surface area contributed by atoms with Gasteiger partial charge in [0, 0.05) is 19.5 Å². The molecular weight excluding hydrogens is 484 g/mol. The standard InChI is InChI=1S/C24H32N6O7/c31-13-17-20(33)21(34)24(37-17)30-15-29-19-22(27-14-28-23(19)30)26-9-12-35-11-8-25-18(32)7-4-10-36-16-5-2-1-3-6-16/h1-3,5-6,14-15,17,20-21,24,31,33-34H,4,7-13H2,(H,25,32)(H,26,27,28)/t17-,20-,21-,24-/m1/s1. The van der Waals surface area contributed by atoms with Gasteiger partial charge in [-0.3, -0.25) is 9.36 Å². The molecule has 4 rings (SSSR count). The summed E-state index contributed by atoms with van der Waals surface area (Å²) < 4.78 is 18.2. The predicted octanol–water partition coefficient (Wildman–Crippen LogP) is -0.158. The lowest BCUT2D eigenvalue weighted by Crippen LogP contribution is -2.33. The number of rotatable bonds is 14. The smallest absolute Gasteiger partial charge is 0.220 e. The second-order valence-corrected chi connectivity index (χ2v) is 8.43. The molecule has 2 aromatic heterocycles. The van der Waals surface area contributed by atoms with Gasteiger partial charge in [0.05, 0.1) is 32.8 Å². The molecule has 13 heteroatoms. The first-order valence-electron chi connectivity index (χ1n) is 12.1. The summed E-state index contributed by atoms with van der Waals surface area (Å²) in [6.45, 7) is 1.65. The van der Waals surface area contributed by atoms with Gasteiger partial charge in [-0.15, -0.1) is 0 Å². The zero-order valence-electron chi connectivity index (χ0n) is 20.3. The van der Waals surface area contributed by atoms with Gasteiger partial charge in [-0.2, -0.15) is 0 Å². The van der Waals surface area contributed by atoms with Crippen LogP contribution in [0.25, 0.3) is 11.2 Å². The number of carbonyl (C=O) groups excluding carboxylic acids is 1. The van der Waals surface area contributed by atoms with Crippen LogP contribution >= 0.6 is 0 Å². The van der Waals surface area contributed by atoms with Crippen molar-refractivity contribution in [2.75, 3.05) is 44.8 Å². The molecule has 0 radical (unpaired) electrons. The normalized spacial score (nSPS) is 21.3. The predicted molar refractivity (Wildman–Crippen MR) is 132 cm³/mol. The number of hydrogen-bond donors (Lipinski definition) is 5. The molecular formula is C24H32N6O7. The van der Waals surface area contributed by atoms with Crippen LogP contribution in [0.15, 0.2) is 43.0 Å². The molecule has 0 spiro atoms. The van der Waals surface area contributed by atoms with Gasteiger partial charge in [-0.05, 0) is 18.6 Å². The molecule has 0 bridgehead atoms. The molecule has 1 aliphatic heterocycles. The Balaban J connectivity index is 1.13. The lowest BCUT2D eigenvalue weighted by atomic mass is 10.1. The Hall–Kier alpha value is -3.36. The Bertz CT molecular complexity index is 1130. The van der Waals surface area contributed by atoms with Gasteiger partial charge in [0.15, 0.2) is 23.2 Å². The third kappa shape index (κ3) is 6.90. The minimum Gasteiger partial charge on any atom is -0.494 e. The summed E-state index contributed by atoms with van der Waals surface area (Å²) in [5.74, 6) is 1.22. The van der Waals surface area contributed by atoms with Crippen molar-refractivity contribution < 1.29 is 34.3 Å². The zero-order valence-corrected chi connectivity index (χ0v) is 20.3. The molecule has 0 saturated carbocycles. The first-order valence-corrected chi connectivity index (χ1v) is 12.1. The Morgan fingerprint density at radius 1 is 1.05 bits per heavy atom. The lowest BCUT2D eigenvalue weighted by molar-refractivity contribution is -0.121. The fourth-order valence-electron chi connectivity index (χ4n) is 3.91. The molecule has 1 aromatic carbocycles. The number of fused-ring (bicyclic) bond motifs is 1. The molecule has 1 aliphatic rings. The molecule has 1 amide bonds. The Morgan fingerprint density at radius 3 is 2.65 bits per heavy atom. The number of nitrogens with zero attached hydrogens (tertiary/aromatic N) is 4. The van der Waals surface area contributed by atoms with E-state index in [1.54, 1.807) is 0 Å². The SMILES string of the molecule is O=C(CCCOc1ccccc1)NCCOCCNc1ncnc2c1ncn2[C@@H]1O[C@H](CO)[C@@H](O)[C@H]1O. The highest BCUT2D eigenvalue weighted by atomic mass is 16.6. The lowest BCUT2D eigenvalue weighted by Gasteiger charge is -2.16. The molecule has 5 N–H and O–H groups in total. The van der Waals surface area contributed by atoms with Gasteiger partial charge >= 0.3 is 0 Å². The minimum atomic E-state index is -1.24. The van der Waals surface area contributed by atoms with E-state index in [1.807, 2.05) is 30.3 Å². The number of benzene rings is 1. The van der Waals surface area contributed by atoms with Crippen molar-refractivity contribution in [1.82, 2.24) is 24.8 Å². The highest BCUT2D eigenvalue weighted by Crippen LogP contribution is 2.32. The maximum Gasteiger partial charge on any atom is 0.220 e. The summed E-state index contributed by atoms with van der Waals surface area (Å²) in [7, 11) is 0. The van der Waals surface area contributed by atoms with Gasteiger partial charge in [-0.25, -0.2) is 15.0 Å². The van der Waals surface area contributed by atoms with E-state index in [1.165, 1.54) is 17.2 Å². The molecule has 200 valence electrons. The van der Waals surface area contributed by atoms with Crippen LogP contribution < -0.4 is 15.4 Å². The van der Waals surface area contributed by atoms with Crippen molar-refractivity contribution in [2.45, 2.75) is 37.4 Å². The third-order valence-electron chi connectivity index (χ3n) is 5.82. The number of aliphatic hydroxyl groups is 3. The molecule has 3 heterocycles.